The Hall–Kier alpha value is -1.11. The Kier molecular flexibility index (Phi) is 5.71. The van der Waals surface area contributed by atoms with Crippen LogP contribution < -0.4 is 0 Å². The summed E-state index contributed by atoms with van der Waals surface area (Å²) in [6.07, 6.45) is 1.39. The van der Waals surface area contributed by atoms with Crippen LogP contribution in [-0.4, -0.2) is 57.1 Å². The molecule has 5 nitrogen and oxygen atoms in total. The van der Waals surface area contributed by atoms with Crippen molar-refractivity contribution in [2.45, 2.75) is 31.0 Å². The Morgan fingerprint density at radius 1 is 1.28 bits per heavy atom. The number of carbonyl (C=O) groups excluding carboxylic acids is 1. The van der Waals surface area contributed by atoms with E-state index in [2.05, 4.69) is 4.90 Å². The van der Waals surface area contributed by atoms with Gasteiger partial charge >= 0.3 is 5.97 Å². The van der Waals surface area contributed by atoms with Gasteiger partial charge in [0, 0.05) is 19.2 Å². The molecule has 0 N–H and O–H groups in total. The lowest BCUT2D eigenvalue weighted by Gasteiger charge is -2.35. The molecule has 2 heterocycles. The third kappa shape index (κ3) is 3.44. The van der Waals surface area contributed by atoms with Crippen LogP contribution in [0, 0.1) is 0 Å². The highest BCUT2D eigenvalue weighted by Crippen LogP contribution is 2.44. The smallest absolute Gasteiger partial charge is 0.335 e. The van der Waals surface area contributed by atoms with Crippen molar-refractivity contribution in [3.05, 3.63) is 39.4 Å². The van der Waals surface area contributed by atoms with Crippen LogP contribution in [0.3, 0.4) is 0 Å². The number of carbonyl (C=O) groups is 1. The van der Waals surface area contributed by atoms with E-state index < -0.39 is 0 Å². The first-order valence-corrected chi connectivity index (χ1v) is 8.82. The summed E-state index contributed by atoms with van der Waals surface area (Å²) >= 11 is 12.2. The van der Waals surface area contributed by atoms with E-state index in [1.807, 2.05) is 13.1 Å². The summed E-state index contributed by atoms with van der Waals surface area (Å²) in [6.45, 7) is 0.234. The van der Waals surface area contributed by atoms with E-state index in [0.29, 0.717) is 22.0 Å². The second-order valence-corrected chi connectivity index (χ2v) is 7.13. The van der Waals surface area contributed by atoms with E-state index in [4.69, 9.17) is 37.4 Å². The summed E-state index contributed by atoms with van der Waals surface area (Å²) in [6, 6.07) is 5.55. The molecular formula is C18H21Cl2NO4. The molecule has 3 unspecified atom stereocenters. The van der Waals surface area contributed by atoms with Crippen molar-refractivity contribution in [3.8, 4) is 0 Å². The largest absolute Gasteiger partial charge is 0.466 e. The minimum atomic E-state index is -0.316. The van der Waals surface area contributed by atoms with E-state index in [0.717, 1.165) is 17.6 Å². The van der Waals surface area contributed by atoms with Gasteiger partial charge in [-0.05, 0) is 43.2 Å². The zero-order valence-electron chi connectivity index (χ0n) is 14.4. The highest BCUT2D eigenvalue weighted by atomic mass is 35.5. The van der Waals surface area contributed by atoms with Crippen LogP contribution in [0.2, 0.25) is 10.0 Å². The van der Waals surface area contributed by atoms with Crippen molar-refractivity contribution in [2.24, 2.45) is 0 Å². The summed E-state index contributed by atoms with van der Waals surface area (Å²) in [5.74, 6) is -0.316. The maximum Gasteiger partial charge on any atom is 0.335 e. The molecule has 0 saturated carbocycles. The quantitative estimate of drug-likeness (QED) is 0.574. The van der Waals surface area contributed by atoms with Crippen LogP contribution in [0.1, 0.15) is 18.4 Å². The fraction of sp³-hybridized carbons (Fsp3) is 0.500. The van der Waals surface area contributed by atoms with Crippen LogP contribution in [0.4, 0.5) is 0 Å². The summed E-state index contributed by atoms with van der Waals surface area (Å²) in [4.78, 5) is 14.7. The molecule has 0 spiro atoms. The zero-order chi connectivity index (χ0) is 18.1. The number of benzene rings is 1. The first kappa shape index (κ1) is 18.7. The van der Waals surface area contributed by atoms with E-state index in [1.54, 1.807) is 19.2 Å². The summed E-state index contributed by atoms with van der Waals surface area (Å²) in [5.41, 5.74) is 2.51. The van der Waals surface area contributed by atoms with E-state index in [-0.39, 0.29) is 30.9 Å². The van der Waals surface area contributed by atoms with Gasteiger partial charge < -0.3 is 14.2 Å². The van der Waals surface area contributed by atoms with E-state index in [9.17, 15) is 4.79 Å². The third-order valence-corrected chi connectivity index (χ3v) is 5.78. The SMILES string of the molecule is COCOC1CC2C(C(=O)OC)=C(c3ccc(Cl)c(Cl)c3)CC1N2C. The number of halogens is 2. The molecule has 25 heavy (non-hydrogen) atoms. The first-order valence-electron chi connectivity index (χ1n) is 8.07. The second kappa shape index (κ2) is 7.64. The lowest BCUT2D eigenvalue weighted by atomic mass is 9.88. The van der Waals surface area contributed by atoms with Crippen LogP contribution in [-0.2, 0) is 19.0 Å². The van der Waals surface area contributed by atoms with Gasteiger partial charge in [0.2, 0.25) is 0 Å². The zero-order valence-corrected chi connectivity index (χ0v) is 15.9. The van der Waals surface area contributed by atoms with Gasteiger partial charge in [-0.2, -0.15) is 0 Å². The van der Waals surface area contributed by atoms with Crippen LogP contribution in [0.25, 0.3) is 5.57 Å². The summed E-state index contributed by atoms with van der Waals surface area (Å²) in [5, 5.41) is 0.956. The molecule has 3 atom stereocenters. The normalized spacial score (nSPS) is 26.2. The average molecular weight is 386 g/mol. The number of fused-ring (bicyclic) bond motifs is 2. The van der Waals surface area contributed by atoms with Gasteiger partial charge in [0.05, 0.1) is 28.8 Å². The maximum absolute atomic E-state index is 12.5. The molecule has 3 rings (SSSR count). The topological polar surface area (TPSA) is 48.0 Å². The molecule has 2 aliphatic rings. The monoisotopic (exact) mass is 385 g/mol. The molecule has 0 amide bonds. The summed E-state index contributed by atoms with van der Waals surface area (Å²) < 4.78 is 15.9. The number of rotatable bonds is 5. The number of nitrogens with zero attached hydrogens (tertiary/aromatic N) is 1. The summed E-state index contributed by atoms with van der Waals surface area (Å²) in [7, 11) is 5.02. The first-order chi connectivity index (χ1) is 12.0. The molecule has 1 aromatic rings. The minimum absolute atomic E-state index is 0.00474. The molecule has 2 bridgehead atoms. The third-order valence-electron chi connectivity index (χ3n) is 5.04. The Morgan fingerprint density at radius 2 is 2.04 bits per heavy atom. The van der Waals surface area contributed by atoms with Gasteiger partial charge in [0.25, 0.3) is 0 Å². The minimum Gasteiger partial charge on any atom is -0.466 e. The van der Waals surface area contributed by atoms with Crippen LogP contribution >= 0.6 is 23.2 Å². The number of likely N-dealkylation sites (N-methyl/N-ethyl adjacent to an activating group) is 1. The van der Waals surface area contributed by atoms with Crippen molar-refractivity contribution in [2.75, 3.05) is 28.1 Å². The van der Waals surface area contributed by atoms with Crippen LogP contribution in [0.15, 0.2) is 23.8 Å². The van der Waals surface area contributed by atoms with Crippen molar-refractivity contribution in [3.63, 3.8) is 0 Å². The van der Waals surface area contributed by atoms with Gasteiger partial charge in [0.15, 0.2) is 0 Å². The predicted octanol–water partition coefficient (Wildman–Crippen LogP) is 3.39. The lowest BCUT2D eigenvalue weighted by Crippen LogP contribution is -2.42. The molecule has 1 aromatic carbocycles. The van der Waals surface area contributed by atoms with Crippen molar-refractivity contribution in [1.82, 2.24) is 4.90 Å². The molecule has 136 valence electrons. The predicted molar refractivity (Wildman–Crippen MR) is 96.7 cm³/mol. The molecule has 0 radical (unpaired) electrons. The van der Waals surface area contributed by atoms with Gasteiger partial charge in [-0.15, -0.1) is 0 Å². The fourth-order valence-electron chi connectivity index (χ4n) is 3.81. The van der Waals surface area contributed by atoms with Gasteiger partial charge in [0.1, 0.15) is 6.79 Å². The van der Waals surface area contributed by atoms with Gasteiger partial charge in [-0.25, -0.2) is 4.79 Å². The highest BCUT2D eigenvalue weighted by molar-refractivity contribution is 6.42. The molecule has 2 aliphatic heterocycles. The van der Waals surface area contributed by atoms with Crippen molar-refractivity contribution < 1.29 is 19.0 Å². The molecule has 0 aromatic heterocycles. The lowest BCUT2D eigenvalue weighted by molar-refractivity contribution is -0.136. The van der Waals surface area contributed by atoms with Crippen molar-refractivity contribution >= 4 is 34.7 Å². The Labute approximate surface area is 157 Å². The van der Waals surface area contributed by atoms with Gasteiger partial charge in [-0.3, -0.25) is 4.90 Å². The van der Waals surface area contributed by atoms with Gasteiger partial charge in [-0.1, -0.05) is 29.3 Å². The number of esters is 1. The highest BCUT2D eigenvalue weighted by Gasteiger charge is 2.48. The number of methoxy groups -OCH3 is 2. The van der Waals surface area contributed by atoms with E-state index in [1.165, 1.54) is 7.11 Å². The fourth-order valence-corrected chi connectivity index (χ4v) is 4.11. The number of hydrogen-bond donors (Lipinski definition) is 0. The Morgan fingerprint density at radius 3 is 2.68 bits per heavy atom. The Balaban J connectivity index is 2.02. The van der Waals surface area contributed by atoms with Crippen molar-refractivity contribution in [1.29, 1.82) is 0 Å². The maximum atomic E-state index is 12.5. The van der Waals surface area contributed by atoms with E-state index >= 15 is 0 Å². The average Bonchev–Trinajstić information content (AvgIpc) is 2.80. The molecule has 1 fully saturated rings. The number of hydrogen-bond acceptors (Lipinski definition) is 5. The number of ether oxygens (including phenoxy) is 3. The molecule has 0 aliphatic carbocycles. The standard InChI is InChI=1S/C18H21Cl2NO4/c1-21-14-7-11(10-4-5-12(19)13(20)6-10)17(18(22)24-3)15(21)8-16(14)25-9-23-2/h4-6,14-16H,7-9H2,1-3H3. The molecule has 1 saturated heterocycles. The molecular weight excluding hydrogens is 365 g/mol. The Bertz CT molecular complexity index is 706. The second-order valence-electron chi connectivity index (χ2n) is 6.31. The molecule has 7 heteroatoms. The van der Waals surface area contributed by atoms with Crippen LogP contribution in [0.5, 0.6) is 0 Å².